The van der Waals surface area contributed by atoms with Crippen LogP contribution in [0, 0.1) is 11.3 Å². The quantitative estimate of drug-likeness (QED) is 0.659. The molecular weight excluding hydrogens is 166 g/mol. The van der Waals surface area contributed by atoms with Crippen LogP contribution < -0.4 is 5.73 Å². The summed E-state index contributed by atoms with van der Waals surface area (Å²) >= 11 is 0. The summed E-state index contributed by atoms with van der Waals surface area (Å²) < 4.78 is 5.37. The Morgan fingerprint density at radius 2 is 2.23 bits per heavy atom. The minimum absolute atomic E-state index is 0.139. The zero-order valence-corrected chi connectivity index (χ0v) is 8.25. The lowest BCUT2D eigenvalue weighted by atomic mass is 9.57. The fraction of sp³-hybridized carbons (Fsp3) is 1.00. The van der Waals surface area contributed by atoms with Gasteiger partial charge in [0, 0.05) is 18.6 Å². The Labute approximate surface area is 79.3 Å². The van der Waals surface area contributed by atoms with Gasteiger partial charge in [0.15, 0.2) is 0 Å². The second-order valence-corrected chi connectivity index (χ2v) is 4.83. The van der Waals surface area contributed by atoms with E-state index in [9.17, 15) is 5.11 Å². The van der Waals surface area contributed by atoms with Crippen LogP contribution >= 0.6 is 0 Å². The van der Waals surface area contributed by atoms with Crippen LogP contribution in [0.15, 0.2) is 0 Å². The first-order valence-corrected chi connectivity index (χ1v) is 5.12. The molecule has 3 heteroatoms. The van der Waals surface area contributed by atoms with Gasteiger partial charge in [-0.2, -0.15) is 0 Å². The molecule has 0 aromatic rings. The van der Waals surface area contributed by atoms with E-state index in [1.807, 2.05) is 0 Å². The number of rotatable bonds is 2. The van der Waals surface area contributed by atoms with E-state index in [1.54, 1.807) is 0 Å². The van der Waals surface area contributed by atoms with Crippen LogP contribution in [0.5, 0.6) is 0 Å². The van der Waals surface area contributed by atoms with Crippen LogP contribution in [-0.4, -0.2) is 30.5 Å². The molecular formula is C10H19NO2. The molecule has 1 saturated carbocycles. The van der Waals surface area contributed by atoms with E-state index >= 15 is 0 Å². The molecule has 2 aliphatic rings. The van der Waals surface area contributed by atoms with Gasteiger partial charge < -0.3 is 15.6 Å². The van der Waals surface area contributed by atoms with Crippen molar-refractivity contribution in [2.45, 2.75) is 31.8 Å². The summed E-state index contributed by atoms with van der Waals surface area (Å²) in [6.45, 7) is 4.13. The van der Waals surface area contributed by atoms with E-state index in [4.69, 9.17) is 10.5 Å². The predicted octanol–water partition coefficient (Wildman–Crippen LogP) is 0.513. The molecule has 0 aromatic carbocycles. The van der Waals surface area contributed by atoms with Crippen LogP contribution in [-0.2, 0) is 4.74 Å². The van der Waals surface area contributed by atoms with Crippen LogP contribution in [0.4, 0.5) is 0 Å². The van der Waals surface area contributed by atoms with E-state index in [2.05, 4.69) is 6.92 Å². The average molecular weight is 185 g/mol. The fourth-order valence-corrected chi connectivity index (χ4v) is 2.85. The van der Waals surface area contributed by atoms with Gasteiger partial charge >= 0.3 is 0 Å². The van der Waals surface area contributed by atoms with Gasteiger partial charge in [0.25, 0.3) is 0 Å². The Bertz CT molecular complexity index is 193. The zero-order valence-electron chi connectivity index (χ0n) is 8.25. The van der Waals surface area contributed by atoms with Gasteiger partial charge in [-0.05, 0) is 25.2 Å². The molecule has 1 aliphatic heterocycles. The maximum atomic E-state index is 10.4. The van der Waals surface area contributed by atoms with Crippen LogP contribution in [0.3, 0.4) is 0 Å². The van der Waals surface area contributed by atoms with Crippen molar-refractivity contribution in [2.24, 2.45) is 17.1 Å². The van der Waals surface area contributed by atoms with Crippen molar-refractivity contribution in [1.82, 2.24) is 0 Å². The van der Waals surface area contributed by atoms with Gasteiger partial charge in [-0.15, -0.1) is 0 Å². The second kappa shape index (κ2) is 2.94. The van der Waals surface area contributed by atoms with E-state index in [0.717, 1.165) is 25.9 Å². The number of hydrogen-bond donors (Lipinski definition) is 2. The highest BCUT2D eigenvalue weighted by molar-refractivity contribution is 5.08. The van der Waals surface area contributed by atoms with E-state index in [0.29, 0.717) is 19.1 Å². The summed E-state index contributed by atoms with van der Waals surface area (Å²) in [6.07, 6.45) is 2.72. The molecule has 0 amide bonds. The largest absolute Gasteiger partial charge is 0.389 e. The van der Waals surface area contributed by atoms with Crippen molar-refractivity contribution in [3.8, 4) is 0 Å². The SMILES string of the molecule is CC1CC(O)(C2(CN)CCOC2)C1. The van der Waals surface area contributed by atoms with Crippen molar-refractivity contribution in [2.75, 3.05) is 19.8 Å². The molecule has 2 fully saturated rings. The van der Waals surface area contributed by atoms with Gasteiger partial charge in [0.2, 0.25) is 0 Å². The minimum atomic E-state index is -0.530. The van der Waals surface area contributed by atoms with Crippen molar-refractivity contribution in [1.29, 1.82) is 0 Å². The number of hydrogen-bond acceptors (Lipinski definition) is 3. The fourth-order valence-electron chi connectivity index (χ4n) is 2.85. The maximum absolute atomic E-state index is 10.4. The summed E-state index contributed by atoms with van der Waals surface area (Å²) in [4.78, 5) is 0. The summed E-state index contributed by atoms with van der Waals surface area (Å²) in [5.41, 5.74) is 5.10. The average Bonchev–Trinajstić information content (AvgIpc) is 2.50. The zero-order chi connectivity index (χ0) is 9.53. The van der Waals surface area contributed by atoms with Crippen LogP contribution in [0.1, 0.15) is 26.2 Å². The summed E-state index contributed by atoms with van der Waals surface area (Å²) in [5.74, 6) is 0.647. The highest BCUT2D eigenvalue weighted by Gasteiger charge is 2.57. The monoisotopic (exact) mass is 185 g/mol. The van der Waals surface area contributed by atoms with E-state index < -0.39 is 5.60 Å². The summed E-state index contributed by atoms with van der Waals surface area (Å²) in [6, 6.07) is 0. The Morgan fingerprint density at radius 1 is 1.54 bits per heavy atom. The Balaban J connectivity index is 2.12. The first kappa shape index (κ1) is 9.44. The van der Waals surface area contributed by atoms with Gasteiger partial charge in [-0.1, -0.05) is 6.92 Å². The predicted molar refractivity (Wildman–Crippen MR) is 50.3 cm³/mol. The standard InChI is InChI=1S/C10H19NO2/c1-8-4-10(12,5-8)9(6-11)2-3-13-7-9/h8,12H,2-7,11H2,1H3. The highest BCUT2D eigenvalue weighted by Crippen LogP contribution is 2.52. The number of nitrogens with two attached hydrogens (primary N) is 1. The smallest absolute Gasteiger partial charge is 0.0743 e. The molecule has 0 bridgehead atoms. The van der Waals surface area contributed by atoms with Crippen molar-refractivity contribution >= 4 is 0 Å². The van der Waals surface area contributed by atoms with E-state index in [1.165, 1.54) is 0 Å². The molecule has 1 atom stereocenters. The lowest BCUT2D eigenvalue weighted by Gasteiger charge is -2.53. The molecule has 3 nitrogen and oxygen atoms in total. The van der Waals surface area contributed by atoms with E-state index in [-0.39, 0.29) is 5.41 Å². The number of ether oxygens (including phenoxy) is 1. The third kappa shape index (κ3) is 1.22. The summed E-state index contributed by atoms with van der Waals surface area (Å²) in [5, 5.41) is 10.4. The number of aliphatic hydroxyl groups is 1. The van der Waals surface area contributed by atoms with Crippen molar-refractivity contribution in [3.63, 3.8) is 0 Å². The van der Waals surface area contributed by atoms with Gasteiger partial charge in [0.1, 0.15) is 0 Å². The van der Waals surface area contributed by atoms with Gasteiger partial charge in [-0.3, -0.25) is 0 Å². The molecule has 2 rings (SSSR count). The third-order valence-corrected chi connectivity index (χ3v) is 3.85. The molecule has 1 saturated heterocycles. The molecule has 0 spiro atoms. The lowest BCUT2D eigenvalue weighted by Crippen LogP contribution is -2.59. The molecule has 3 N–H and O–H groups in total. The third-order valence-electron chi connectivity index (χ3n) is 3.85. The van der Waals surface area contributed by atoms with Crippen molar-refractivity contribution in [3.05, 3.63) is 0 Å². The molecule has 1 heterocycles. The molecule has 76 valence electrons. The highest BCUT2D eigenvalue weighted by atomic mass is 16.5. The second-order valence-electron chi connectivity index (χ2n) is 4.83. The molecule has 0 radical (unpaired) electrons. The Kier molecular flexibility index (Phi) is 2.13. The normalized spacial score (nSPS) is 50.5. The molecule has 13 heavy (non-hydrogen) atoms. The van der Waals surface area contributed by atoms with Crippen LogP contribution in [0.25, 0.3) is 0 Å². The molecule has 0 aromatic heterocycles. The first-order valence-electron chi connectivity index (χ1n) is 5.12. The van der Waals surface area contributed by atoms with Crippen molar-refractivity contribution < 1.29 is 9.84 Å². The molecule has 1 unspecified atom stereocenters. The Morgan fingerprint density at radius 3 is 2.62 bits per heavy atom. The first-order chi connectivity index (χ1) is 6.12. The van der Waals surface area contributed by atoms with Gasteiger partial charge in [-0.25, -0.2) is 0 Å². The maximum Gasteiger partial charge on any atom is 0.0743 e. The minimum Gasteiger partial charge on any atom is -0.389 e. The van der Waals surface area contributed by atoms with Gasteiger partial charge in [0.05, 0.1) is 12.2 Å². The Hall–Kier alpha value is -0.120. The lowest BCUT2D eigenvalue weighted by molar-refractivity contribution is -0.160. The topological polar surface area (TPSA) is 55.5 Å². The molecule has 1 aliphatic carbocycles. The summed E-state index contributed by atoms with van der Waals surface area (Å²) in [7, 11) is 0. The van der Waals surface area contributed by atoms with Crippen LogP contribution in [0.2, 0.25) is 0 Å².